The average Bonchev–Trinajstić information content (AvgIpc) is 2.77. The number of carboxylic acids is 1. The second kappa shape index (κ2) is 9.76. The van der Waals surface area contributed by atoms with Crippen molar-refractivity contribution in [3.05, 3.63) is 90.0 Å². The van der Waals surface area contributed by atoms with Gasteiger partial charge in [0.15, 0.2) is 0 Å². The smallest absolute Gasteiger partial charge is 0.326 e. The van der Waals surface area contributed by atoms with Gasteiger partial charge < -0.3 is 5.11 Å². The van der Waals surface area contributed by atoms with Crippen molar-refractivity contribution >= 4 is 27.7 Å². The molecule has 0 fully saturated rings. The zero-order valence-corrected chi connectivity index (χ0v) is 18.2. The van der Waals surface area contributed by atoms with Crippen LogP contribution < -0.4 is 4.90 Å². The Bertz CT molecular complexity index is 1210. The van der Waals surface area contributed by atoms with Crippen LogP contribution >= 0.6 is 0 Å². The fourth-order valence-electron chi connectivity index (χ4n) is 3.44. The fourth-order valence-corrected chi connectivity index (χ4v) is 3.96. The molecule has 0 aliphatic carbocycles. The predicted molar refractivity (Wildman–Crippen MR) is 122 cm³/mol. The van der Waals surface area contributed by atoms with E-state index in [0.29, 0.717) is 11.3 Å². The van der Waals surface area contributed by atoms with Crippen molar-refractivity contribution in [2.24, 2.45) is 0 Å². The summed E-state index contributed by atoms with van der Waals surface area (Å²) in [5.41, 5.74) is 2.90. The molecule has 166 valence electrons. The van der Waals surface area contributed by atoms with Gasteiger partial charge in [0.1, 0.15) is 6.04 Å². The Morgan fingerprint density at radius 2 is 1.50 bits per heavy atom. The summed E-state index contributed by atoms with van der Waals surface area (Å²) in [5, 5.41) is 9.87. The Morgan fingerprint density at radius 3 is 2.09 bits per heavy atom. The largest absolute Gasteiger partial charge is 0.480 e. The highest BCUT2D eigenvalue weighted by Crippen LogP contribution is 2.29. The molecule has 0 unspecified atom stereocenters. The van der Waals surface area contributed by atoms with E-state index in [9.17, 15) is 23.1 Å². The van der Waals surface area contributed by atoms with E-state index >= 15 is 0 Å². The van der Waals surface area contributed by atoms with Crippen molar-refractivity contribution in [3.63, 3.8) is 0 Å². The summed E-state index contributed by atoms with van der Waals surface area (Å²) < 4.78 is 31.8. The van der Waals surface area contributed by atoms with Crippen LogP contribution in [0.4, 0.5) is 5.69 Å². The van der Waals surface area contributed by atoms with Crippen LogP contribution in [0.3, 0.4) is 0 Å². The normalized spacial score (nSPS) is 12.2. The van der Waals surface area contributed by atoms with Crippen LogP contribution in [0.5, 0.6) is 0 Å². The number of carbonyl (C=O) groups excluding carboxylic acids is 1. The highest BCUT2D eigenvalue weighted by Gasteiger charge is 2.33. The van der Waals surface area contributed by atoms with E-state index in [1.807, 2.05) is 37.3 Å². The van der Waals surface area contributed by atoms with Crippen LogP contribution in [0.25, 0.3) is 11.1 Å². The maximum atomic E-state index is 13.7. The second-order valence-corrected chi connectivity index (χ2v) is 8.92. The Balaban J connectivity index is 2.13. The number of carboxylic acid groups (broad SMARTS) is 1. The lowest BCUT2D eigenvalue weighted by Crippen LogP contribution is -2.46. The quantitative estimate of drug-likeness (QED) is 0.498. The second-order valence-electron chi connectivity index (χ2n) is 7.35. The third kappa shape index (κ3) is 5.60. The molecule has 3 rings (SSSR count). The summed E-state index contributed by atoms with van der Waals surface area (Å²) in [6, 6.07) is 21.2. The molecule has 0 saturated heterocycles. The van der Waals surface area contributed by atoms with Crippen LogP contribution in [0.1, 0.15) is 22.3 Å². The predicted octanol–water partition coefficient (Wildman–Crippen LogP) is 4.04. The summed E-state index contributed by atoms with van der Waals surface area (Å²) in [5.74, 6) is -2.75. The molecule has 8 heteroatoms. The van der Waals surface area contributed by atoms with E-state index in [4.69, 9.17) is 4.55 Å². The molecule has 7 nitrogen and oxygen atoms in total. The van der Waals surface area contributed by atoms with Crippen LogP contribution in [0.2, 0.25) is 0 Å². The number of aliphatic carboxylic acids is 1. The van der Waals surface area contributed by atoms with Gasteiger partial charge in [0, 0.05) is 11.3 Å². The molecule has 1 amide bonds. The zero-order chi connectivity index (χ0) is 23.3. The van der Waals surface area contributed by atoms with Gasteiger partial charge in [0.2, 0.25) is 0 Å². The third-order valence-electron chi connectivity index (χ3n) is 5.02. The number of aryl methyl sites for hydroxylation is 1. The van der Waals surface area contributed by atoms with E-state index in [1.54, 1.807) is 48.5 Å². The number of hydrogen-bond acceptors (Lipinski definition) is 4. The van der Waals surface area contributed by atoms with Crippen molar-refractivity contribution in [2.75, 3.05) is 10.7 Å². The van der Waals surface area contributed by atoms with E-state index in [0.717, 1.165) is 16.0 Å². The summed E-state index contributed by atoms with van der Waals surface area (Å²) in [7, 11) is -4.42. The molecule has 0 aromatic heterocycles. The maximum Gasteiger partial charge on any atom is 0.326 e. The maximum absolute atomic E-state index is 13.7. The summed E-state index contributed by atoms with van der Waals surface area (Å²) >= 11 is 0. The van der Waals surface area contributed by atoms with E-state index in [-0.39, 0.29) is 5.56 Å². The molecule has 0 radical (unpaired) electrons. The Labute approximate surface area is 186 Å². The van der Waals surface area contributed by atoms with Crippen LogP contribution in [-0.2, 0) is 14.9 Å². The first-order valence-electron chi connectivity index (χ1n) is 9.90. The van der Waals surface area contributed by atoms with Gasteiger partial charge in [-0.25, -0.2) is 4.79 Å². The van der Waals surface area contributed by atoms with Gasteiger partial charge in [-0.2, -0.15) is 8.42 Å². The molecular weight excluding hydrogens is 430 g/mol. The first kappa shape index (κ1) is 23.2. The summed E-state index contributed by atoms with van der Waals surface area (Å²) in [6.07, 6.45) is -0.471. The lowest BCUT2D eigenvalue weighted by atomic mass is 9.97. The Morgan fingerprint density at radius 1 is 0.906 bits per heavy atom. The van der Waals surface area contributed by atoms with Crippen molar-refractivity contribution in [1.29, 1.82) is 0 Å². The molecule has 0 spiro atoms. The molecule has 0 aliphatic rings. The van der Waals surface area contributed by atoms with Gasteiger partial charge in [-0.15, -0.1) is 0 Å². The first-order valence-corrected chi connectivity index (χ1v) is 11.5. The third-order valence-corrected chi connectivity index (χ3v) is 5.77. The van der Waals surface area contributed by atoms with Crippen molar-refractivity contribution in [1.82, 2.24) is 0 Å². The number of benzene rings is 3. The molecule has 0 saturated carbocycles. The molecular formula is C24H23NO6S. The molecule has 2 N–H and O–H groups in total. The zero-order valence-electron chi connectivity index (χ0n) is 17.4. The van der Waals surface area contributed by atoms with Crippen molar-refractivity contribution < 1.29 is 27.7 Å². The van der Waals surface area contributed by atoms with Crippen LogP contribution in [-0.4, -0.2) is 41.7 Å². The lowest BCUT2D eigenvalue weighted by molar-refractivity contribution is -0.138. The molecule has 0 aliphatic heterocycles. The SMILES string of the molecule is Cc1ccc(N(C(=O)c2ccccc2-c2ccccc2)[C@@H](CCS(=O)(=O)O)C(=O)O)cc1. The van der Waals surface area contributed by atoms with Gasteiger partial charge in [-0.1, -0.05) is 66.2 Å². The molecule has 0 bridgehead atoms. The Hall–Kier alpha value is -3.49. The first-order chi connectivity index (χ1) is 15.2. The molecule has 32 heavy (non-hydrogen) atoms. The molecule has 0 heterocycles. The number of rotatable bonds is 8. The van der Waals surface area contributed by atoms with Crippen LogP contribution in [0, 0.1) is 6.92 Å². The van der Waals surface area contributed by atoms with E-state index in [1.165, 1.54) is 0 Å². The minimum Gasteiger partial charge on any atom is -0.480 e. The summed E-state index contributed by atoms with van der Waals surface area (Å²) in [6.45, 7) is 1.85. The van der Waals surface area contributed by atoms with Gasteiger partial charge in [-0.05, 0) is 42.7 Å². The number of hydrogen-bond donors (Lipinski definition) is 2. The van der Waals surface area contributed by atoms with Gasteiger partial charge >= 0.3 is 5.97 Å². The number of anilines is 1. The average molecular weight is 454 g/mol. The highest BCUT2D eigenvalue weighted by atomic mass is 32.2. The number of amides is 1. The van der Waals surface area contributed by atoms with Crippen molar-refractivity contribution in [3.8, 4) is 11.1 Å². The molecule has 1 atom stereocenters. The van der Waals surface area contributed by atoms with Crippen LogP contribution in [0.15, 0.2) is 78.9 Å². The van der Waals surface area contributed by atoms with Gasteiger partial charge in [0.25, 0.3) is 16.0 Å². The minimum absolute atomic E-state index is 0.275. The Kier molecular flexibility index (Phi) is 7.07. The van der Waals surface area contributed by atoms with Gasteiger partial charge in [0.05, 0.1) is 5.75 Å². The topological polar surface area (TPSA) is 112 Å². The standard InChI is InChI=1S/C24H23NO6S/c1-17-11-13-19(14-12-17)25(22(24(27)28)15-16-32(29,30)31)23(26)21-10-6-5-9-20(21)18-7-3-2-4-8-18/h2-14,22H,15-16H2,1H3,(H,27,28)(H,29,30,31)/t22-/m0/s1. The van der Waals surface area contributed by atoms with E-state index < -0.39 is 40.2 Å². The monoisotopic (exact) mass is 453 g/mol. The van der Waals surface area contributed by atoms with E-state index in [2.05, 4.69) is 0 Å². The molecule has 3 aromatic carbocycles. The lowest BCUT2D eigenvalue weighted by Gasteiger charge is -2.30. The number of carbonyl (C=O) groups is 2. The van der Waals surface area contributed by atoms with Gasteiger partial charge in [-0.3, -0.25) is 14.2 Å². The fraction of sp³-hybridized carbons (Fsp3) is 0.167. The summed E-state index contributed by atoms with van der Waals surface area (Å²) in [4.78, 5) is 26.9. The highest BCUT2D eigenvalue weighted by molar-refractivity contribution is 7.85. The molecule has 3 aromatic rings. The van der Waals surface area contributed by atoms with Crippen molar-refractivity contribution in [2.45, 2.75) is 19.4 Å². The minimum atomic E-state index is -4.42. The number of nitrogens with zero attached hydrogens (tertiary/aromatic N) is 1.